The Hall–Kier alpha value is -3.35. The number of halogens is 4. The Balaban J connectivity index is 1.88. The molecule has 0 heterocycles. The highest BCUT2D eigenvalue weighted by Gasteiger charge is 2.31. The summed E-state index contributed by atoms with van der Waals surface area (Å²) in [6.07, 6.45) is -4.49. The minimum Gasteiger partial charge on any atom is -0.396 e. The summed E-state index contributed by atoms with van der Waals surface area (Å²) in [4.78, 5) is 12.7. The van der Waals surface area contributed by atoms with Gasteiger partial charge in [-0.05, 0) is 64.4 Å². The lowest BCUT2D eigenvalue weighted by atomic mass is 9.86. The minimum absolute atomic E-state index is 0.0109. The third kappa shape index (κ3) is 5.76. The van der Waals surface area contributed by atoms with Gasteiger partial charge >= 0.3 is 6.18 Å². The van der Waals surface area contributed by atoms with Gasteiger partial charge in [0.15, 0.2) is 0 Å². The molecular formula is C27H28F4N2O. The number of hydrogen-bond donors (Lipinski definition) is 2. The molecule has 3 N–H and O–H groups in total. The number of amides is 1. The number of carbonyl (C=O) groups is 1. The molecule has 0 fully saturated rings. The van der Waals surface area contributed by atoms with Gasteiger partial charge in [0.25, 0.3) is 0 Å². The average Bonchev–Trinajstić information content (AvgIpc) is 2.77. The summed E-state index contributed by atoms with van der Waals surface area (Å²) in [5.41, 5.74) is 7.69. The molecule has 1 unspecified atom stereocenters. The maximum absolute atomic E-state index is 13.8. The van der Waals surface area contributed by atoms with Gasteiger partial charge in [0, 0.05) is 6.54 Å². The largest absolute Gasteiger partial charge is 0.416 e. The van der Waals surface area contributed by atoms with E-state index in [4.69, 9.17) is 5.73 Å². The molecule has 0 aliphatic rings. The quantitative estimate of drug-likeness (QED) is 0.317. The fourth-order valence-corrected chi connectivity index (χ4v) is 3.62. The second-order valence-corrected chi connectivity index (χ2v) is 9.42. The summed E-state index contributed by atoms with van der Waals surface area (Å²) >= 11 is 0. The highest BCUT2D eigenvalue weighted by molar-refractivity contribution is 5.83. The number of rotatable bonds is 5. The van der Waals surface area contributed by atoms with E-state index in [2.05, 4.69) is 26.1 Å². The van der Waals surface area contributed by atoms with Crippen molar-refractivity contribution in [3.8, 4) is 11.1 Å². The van der Waals surface area contributed by atoms with Gasteiger partial charge in [-0.2, -0.15) is 13.2 Å². The molecule has 1 atom stereocenters. The predicted octanol–water partition coefficient (Wildman–Crippen LogP) is 6.81. The standard InChI is InChI=1S/C27H28F4N2O/c1-16(18-8-12-24(32)23(28)13-18)25(34)33-15-19-7-11-21(27(29,30)31)14-22(19)17-5-9-20(10-6-17)26(2,3)4/h5-14,16H,15,32H2,1-4H3,(H,33,34). The Labute approximate surface area is 197 Å². The zero-order chi connectivity index (χ0) is 25.3. The smallest absolute Gasteiger partial charge is 0.396 e. The van der Waals surface area contributed by atoms with Gasteiger partial charge in [-0.15, -0.1) is 0 Å². The van der Waals surface area contributed by atoms with Gasteiger partial charge in [-0.1, -0.05) is 57.2 Å². The molecule has 3 nitrogen and oxygen atoms in total. The maximum Gasteiger partial charge on any atom is 0.416 e. The number of anilines is 1. The fraction of sp³-hybridized carbons (Fsp3) is 0.296. The van der Waals surface area contributed by atoms with E-state index >= 15 is 0 Å². The van der Waals surface area contributed by atoms with Gasteiger partial charge in [-0.3, -0.25) is 4.79 Å². The summed E-state index contributed by atoms with van der Waals surface area (Å²) in [6, 6.07) is 15.0. The van der Waals surface area contributed by atoms with Crippen LogP contribution in [0.5, 0.6) is 0 Å². The Morgan fingerprint density at radius 1 is 0.941 bits per heavy atom. The van der Waals surface area contributed by atoms with E-state index < -0.39 is 23.5 Å². The first kappa shape index (κ1) is 25.3. The lowest BCUT2D eigenvalue weighted by molar-refractivity contribution is -0.137. The SMILES string of the molecule is CC(C(=O)NCc1ccc(C(F)(F)F)cc1-c1ccc(C(C)(C)C)cc1)c1ccc(N)c(F)c1. The van der Waals surface area contributed by atoms with E-state index in [0.29, 0.717) is 22.3 Å². The first-order chi connectivity index (χ1) is 15.8. The number of nitrogens with two attached hydrogens (primary N) is 1. The number of hydrogen-bond acceptors (Lipinski definition) is 2. The number of nitrogens with one attached hydrogen (secondary N) is 1. The molecule has 0 aromatic heterocycles. The number of alkyl halides is 3. The van der Waals surface area contributed by atoms with Crippen molar-refractivity contribution in [2.45, 2.75) is 51.7 Å². The zero-order valence-electron chi connectivity index (χ0n) is 19.6. The predicted molar refractivity (Wildman–Crippen MR) is 127 cm³/mol. The third-order valence-electron chi connectivity index (χ3n) is 5.87. The molecule has 0 aliphatic carbocycles. The molecule has 0 bridgehead atoms. The number of benzene rings is 3. The van der Waals surface area contributed by atoms with E-state index in [1.165, 1.54) is 18.2 Å². The van der Waals surface area contributed by atoms with Gasteiger partial charge < -0.3 is 11.1 Å². The van der Waals surface area contributed by atoms with E-state index in [1.54, 1.807) is 25.1 Å². The van der Waals surface area contributed by atoms with Crippen molar-refractivity contribution in [3.63, 3.8) is 0 Å². The van der Waals surface area contributed by atoms with Crippen molar-refractivity contribution in [1.82, 2.24) is 5.32 Å². The lowest BCUT2D eigenvalue weighted by Crippen LogP contribution is -2.28. The molecule has 3 rings (SSSR count). The molecule has 0 spiro atoms. The summed E-state index contributed by atoms with van der Waals surface area (Å²) in [5, 5.41) is 2.76. The second-order valence-electron chi connectivity index (χ2n) is 9.42. The first-order valence-electron chi connectivity index (χ1n) is 10.9. The molecule has 0 aliphatic heterocycles. The summed E-state index contributed by atoms with van der Waals surface area (Å²) in [5.74, 6) is -1.65. The van der Waals surface area contributed by atoms with Crippen molar-refractivity contribution in [3.05, 3.63) is 88.7 Å². The van der Waals surface area contributed by atoms with Gasteiger partial charge in [0.1, 0.15) is 5.82 Å². The van der Waals surface area contributed by atoms with E-state index in [9.17, 15) is 22.4 Å². The van der Waals surface area contributed by atoms with Crippen LogP contribution < -0.4 is 11.1 Å². The van der Waals surface area contributed by atoms with Gasteiger partial charge in [0.2, 0.25) is 5.91 Å². The first-order valence-corrected chi connectivity index (χ1v) is 10.9. The minimum atomic E-state index is -4.49. The van der Waals surface area contributed by atoms with Crippen LogP contribution in [0.3, 0.4) is 0 Å². The van der Waals surface area contributed by atoms with Gasteiger partial charge in [0.05, 0.1) is 17.2 Å². The van der Waals surface area contributed by atoms with Crippen molar-refractivity contribution in [1.29, 1.82) is 0 Å². The topological polar surface area (TPSA) is 55.1 Å². The third-order valence-corrected chi connectivity index (χ3v) is 5.87. The fourth-order valence-electron chi connectivity index (χ4n) is 3.62. The van der Waals surface area contributed by atoms with Crippen LogP contribution in [0.15, 0.2) is 60.7 Å². The lowest BCUT2D eigenvalue weighted by Gasteiger charge is -2.20. The van der Waals surface area contributed by atoms with E-state index in [1.807, 2.05) is 12.1 Å². The van der Waals surface area contributed by atoms with Crippen LogP contribution in [0.4, 0.5) is 23.2 Å². The monoisotopic (exact) mass is 472 g/mol. The zero-order valence-corrected chi connectivity index (χ0v) is 19.6. The Bertz CT molecular complexity index is 1180. The molecule has 3 aromatic carbocycles. The molecule has 0 saturated carbocycles. The van der Waals surface area contributed by atoms with Crippen LogP contribution in [-0.4, -0.2) is 5.91 Å². The van der Waals surface area contributed by atoms with Crippen molar-refractivity contribution >= 4 is 11.6 Å². The molecule has 1 amide bonds. The Morgan fingerprint density at radius 3 is 2.12 bits per heavy atom. The molecule has 0 radical (unpaired) electrons. The second kappa shape index (κ2) is 9.49. The molecule has 0 saturated heterocycles. The van der Waals surface area contributed by atoms with Crippen molar-refractivity contribution in [2.75, 3.05) is 5.73 Å². The molecule has 3 aromatic rings. The van der Waals surface area contributed by atoms with Crippen LogP contribution in [-0.2, 0) is 22.9 Å². The van der Waals surface area contributed by atoms with Gasteiger partial charge in [-0.25, -0.2) is 4.39 Å². The van der Waals surface area contributed by atoms with Crippen LogP contribution >= 0.6 is 0 Å². The van der Waals surface area contributed by atoms with Crippen LogP contribution in [0, 0.1) is 5.82 Å². The van der Waals surface area contributed by atoms with Crippen molar-refractivity contribution in [2.24, 2.45) is 0 Å². The van der Waals surface area contributed by atoms with Crippen LogP contribution in [0.25, 0.3) is 11.1 Å². The summed E-state index contributed by atoms with van der Waals surface area (Å²) in [7, 11) is 0. The molecule has 180 valence electrons. The highest BCUT2D eigenvalue weighted by Crippen LogP contribution is 2.35. The normalized spacial score (nSPS) is 12.9. The summed E-state index contributed by atoms with van der Waals surface area (Å²) in [6.45, 7) is 7.82. The summed E-state index contributed by atoms with van der Waals surface area (Å²) < 4.78 is 54.0. The van der Waals surface area contributed by atoms with E-state index in [-0.39, 0.29) is 23.6 Å². The van der Waals surface area contributed by atoms with Crippen molar-refractivity contribution < 1.29 is 22.4 Å². The average molecular weight is 473 g/mol. The van der Waals surface area contributed by atoms with E-state index in [0.717, 1.165) is 17.7 Å². The Kier molecular flexibility index (Phi) is 7.05. The highest BCUT2D eigenvalue weighted by atomic mass is 19.4. The Morgan fingerprint density at radius 2 is 1.56 bits per heavy atom. The number of carbonyl (C=O) groups excluding carboxylic acids is 1. The molecular weight excluding hydrogens is 444 g/mol. The molecule has 7 heteroatoms. The van der Waals surface area contributed by atoms with Crippen LogP contribution in [0.1, 0.15) is 55.9 Å². The van der Waals surface area contributed by atoms with Crippen LogP contribution in [0.2, 0.25) is 0 Å². The number of nitrogen functional groups attached to an aromatic ring is 1. The maximum atomic E-state index is 13.8. The molecule has 34 heavy (non-hydrogen) atoms.